The van der Waals surface area contributed by atoms with Gasteiger partial charge in [-0.1, -0.05) is 23.7 Å². The highest BCUT2D eigenvalue weighted by Gasteiger charge is 2.24. The summed E-state index contributed by atoms with van der Waals surface area (Å²) in [5.74, 6) is 0.399. The molecule has 1 aliphatic carbocycles. The molecule has 0 amide bonds. The second-order valence-electron chi connectivity index (χ2n) is 4.70. The number of hydrogen-bond donors (Lipinski definition) is 2. The molecule has 2 aromatic carbocycles. The van der Waals surface area contributed by atoms with Gasteiger partial charge in [-0.3, -0.25) is 0 Å². The molecule has 98 valence electrons. The Labute approximate surface area is 130 Å². The largest absolute Gasteiger partial charge is 0.508 e. The zero-order valence-corrected chi connectivity index (χ0v) is 13.1. The summed E-state index contributed by atoms with van der Waals surface area (Å²) < 4.78 is 1.12. The van der Waals surface area contributed by atoms with Crippen LogP contribution in [-0.4, -0.2) is 5.11 Å². The quantitative estimate of drug-likeness (QED) is 0.731. The Morgan fingerprint density at radius 3 is 2.89 bits per heavy atom. The summed E-state index contributed by atoms with van der Waals surface area (Å²) >= 11 is 8.50. The van der Waals surface area contributed by atoms with Crippen molar-refractivity contribution in [1.82, 2.24) is 0 Å². The zero-order chi connectivity index (χ0) is 13.4. The van der Waals surface area contributed by atoms with Gasteiger partial charge in [0.05, 0.1) is 16.8 Å². The molecule has 0 saturated carbocycles. The van der Waals surface area contributed by atoms with E-state index in [4.69, 9.17) is 11.6 Å². The number of phenols is 1. The molecule has 1 unspecified atom stereocenters. The van der Waals surface area contributed by atoms with Gasteiger partial charge in [-0.05, 0) is 70.8 Å². The summed E-state index contributed by atoms with van der Waals surface area (Å²) in [6.45, 7) is 0. The number of benzene rings is 2. The van der Waals surface area contributed by atoms with Gasteiger partial charge in [0.2, 0.25) is 0 Å². The van der Waals surface area contributed by atoms with E-state index in [2.05, 4.69) is 34.0 Å². The van der Waals surface area contributed by atoms with Crippen molar-refractivity contribution in [1.29, 1.82) is 0 Å². The third-order valence-electron chi connectivity index (χ3n) is 3.51. The van der Waals surface area contributed by atoms with Crippen LogP contribution in [0.25, 0.3) is 0 Å². The summed E-state index contributed by atoms with van der Waals surface area (Å²) in [5, 5.41) is 14.1. The Kier molecular flexibility index (Phi) is 3.58. The zero-order valence-electron chi connectivity index (χ0n) is 10.2. The first kappa shape index (κ1) is 13.1. The number of anilines is 1. The molecule has 0 radical (unpaired) electrons. The maximum Gasteiger partial charge on any atom is 0.119 e. The number of nitrogens with one attached hydrogen (secondary N) is 1. The van der Waals surface area contributed by atoms with Crippen molar-refractivity contribution in [2.24, 2.45) is 0 Å². The minimum atomic E-state index is 0.222. The van der Waals surface area contributed by atoms with Crippen molar-refractivity contribution in [3.8, 4) is 5.75 Å². The number of fused-ring (bicyclic) bond motifs is 1. The summed E-state index contributed by atoms with van der Waals surface area (Å²) in [5.41, 5.74) is 3.18. The Balaban J connectivity index is 1.89. The molecule has 0 aromatic heterocycles. The van der Waals surface area contributed by atoms with Crippen LogP contribution in [-0.2, 0) is 6.42 Å². The lowest BCUT2D eigenvalue weighted by atomic mass is 10.1. The van der Waals surface area contributed by atoms with Crippen LogP contribution in [0.5, 0.6) is 5.75 Å². The van der Waals surface area contributed by atoms with E-state index in [0.29, 0.717) is 5.75 Å². The van der Waals surface area contributed by atoms with Crippen molar-refractivity contribution in [2.45, 2.75) is 18.9 Å². The molecule has 2 aromatic rings. The van der Waals surface area contributed by atoms with Crippen molar-refractivity contribution in [3.05, 3.63) is 56.1 Å². The summed E-state index contributed by atoms with van der Waals surface area (Å²) in [6, 6.07) is 11.9. The van der Waals surface area contributed by atoms with Gasteiger partial charge in [0.25, 0.3) is 0 Å². The van der Waals surface area contributed by atoms with Gasteiger partial charge < -0.3 is 10.4 Å². The Morgan fingerprint density at radius 2 is 2.11 bits per heavy atom. The maximum atomic E-state index is 9.85. The van der Waals surface area contributed by atoms with E-state index >= 15 is 0 Å². The maximum absolute atomic E-state index is 9.85. The topological polar surface area (TPSA) is 32.3 Å². The first-order chi connectivity index (χ1) is 9.15. The lowest BCUT2D eigenvalue weighted by Crippen LogP contribution is -2.07. The van der Waals surface area contributed by atoms with Crippen LogP contribution in [0.1, 0.15) is 23.6 Å². The Bertz CT molecular complexity index is 630. The van der Waals surface area contributed by atoms with Gasteiger partial charge in [-0.15, -0.1) is 0 Å². The molecular weight excluding hydrogens is 373 g/mol. The molecule has 1 aliphatic rings. The van der Waals surface area contributed by atoms with Crippen molar-refractivity contribution in [2.75, 3.05) is 5.32 Å². The van der Waals surface area contributed by atoms with Crippen LogP contribution < -0.4 is 5.32 Å². The highest BCUT2D eigenvalue weighted by Crippen LogP contribution is 2.39. The number of hydrogen-bond acceptors (Lipinski definition) is 2. The molecule has 0 spiro atoms. The number of halogens is 2. The van der Waals surface area contributed by atoms with E-state index in [-0.39, 0.29) is 6.04 Å². The molecule has 0 fully saturated rings. The van der Waals surface area contributed by atoms with Crippen molar-refractivity contribution in [3.63, 3.8) is 0 Å². The average Bonchev–Trinajstić information content (AvgIpc) is 2.78. The fourth-order valence-corrected chi connectivity index (χ4v) is 3.49. The molecule has 1 atom stereocenters. The lowest BCUT2D eigenvalue weighted by Gasteiger charge is -2.17. The Morgan fingerprint density at radius 1 is 1.26 bits per heavy atom. The molecular formula is C15H13ClINO. The molecule has 4 heteroatoms. The molecule has 2 nitrogen and oxygen atoms in total. The minimum Gasteiger partial charge on any atom is -0.508 e. The van der Waals surface area contributed by atoms with Gasteiger partial charge in [0.15, 0.2) is 0 Å². The third-order valence-corrected chi connectivity index (χ3v) is 4.49. The van der Waals surface area contributed by atoms with Crippen LogP contribution in [0.15, 0.2) is 36.4 Å². The first-order valence-electron chi connectivity index (χ1n) is 6.17. The van der Waals surface area contributed by atoms with Crippen LogP contribution in [0, 0.1) is 3.57 Å². The number of aromatic hydroxyl groups is 1. The van der Waals surface area contributed by atoms with Gasteiger partial charge >= 0.3 is 0 Å². The molecule has 0 heterocycles. The highest BCUT2D eigenvalue weighted by molar-refractivity contribution is 14.1. The van der Waals surface area contributed by atoms with Gasteiger partial charge in [-0.2, -0.15) is 0 Å². The van der Waals surface area contributed by atoms with E-state index in [1.54, 1.807) is 6.07 Å². The van der Waals surface area contributed by atoms with Gasteiger partial charge in [0.1, 0.15) is 5.75 Å². The van der Waals surface area contributed by atoms with E-state index in [1.807, 2.05) is 24.3 Å². The van der Waals surface area contributed by atoms with E-state index in [0.717, 1.165) is 32.7 Å². The average molecular weight is 386 g/mol. The van der Waals surface area contributed by atoms with E-state index < -0.39 is 0 Å². The monoisotopic (exact) mass is 385 g/mol. The lowest BCUT2D eigenvalue weighted by molar-refractivity contribution is 0.469. The first-order valence-corrected chi connectivity index (χ1v) is 7.63. The van der Waals surface area contributed by atoms with Crippen LogP contribution >= 0.6 is 34.2 Å². The number of phenolic OH excluding ortho intramolecular Hbond substituents is 1. The second kappa shape index (κ2) is 5.21. The normalized spacial score (nSPS) is 17.3. The van der Waals surface area contributed by atoms with Crippen LogP contribution in [0.4, 0.5) is 5.69 Å². The molecule has 0 aliphatic heterocycles. The summed E-state index contributed by atoms with van der Waals surface area (Å²) in [7, 11) is 0. The molecule has 3 rings (SSSR count). The summed E-state index contributed by atoms with van der Waals surface area (Å²) in [6.07, 6.45) is 1.89. The third kappa shape index (κ3) is 2.54. The number of rotatable bonds is 2. The molecule has 19 heavy (non-hydrogen) atoms. The van der Waals surface area contributed by atoms with E-state index in [9.17, 15) is 5.11 Å². The van der Waals surface area contributed by atoms with Gasteiger partial charge in [-0.25, -0.2) is 0 Å². The molecule has 0 saturated heterocycles. The summed E-state index contributed by atoms with van der Waals surface area (Å²) in [4.78, 5) is 0. The second-order valence-corrected chi connectivity index (χ2v) is 6.36. The molecule has 0 bridgehead atoms. The fraction of sp³-hybridized carbons (Fsp3) is 0.200. The van der Waals surface area contributed by atoms with Gasteiger partial charge in [0, 0.05) is 3.57 Å². The SMILES string of the molecule is Oc1cccc2c1CCC2Nc1ccc(I)cc1Cl. The highest BCUT2D eigenvalue weighted by atomic mass is 127. The predicted octanol–water partition coefficient (Wildman–Crippen LogP) is 4.75. The van der Waals surface area contributed by atoms with Crippen molar-refractivity contribution < 1.29 is 5.11 Å². The standard InChI is InChI=1S/C15H13ClINO/c16-12-8-9(17)4-6-14(12)18-13-7-5-11-10(13)2-1-3-15(11)19/h1-4,6,8,13,18-19H,5,7H2. The predicted molar refractivity (Wildman–Crippen MR) is 87.0 cm³/mol. The van der Waals surface area contributed by atoms with E-state index in [1.165, 1.54) is 5.56 Å². The smallest absolute Gasteiger partial charge is 0.119 e. The Hall–Kier alpha value is -0.940. The van der Waals surface area contributed by atoms with Crippen LogP contribution in [0.2, 0.25) is 5.02 Å². The molecule has 2 N–H and O–H groups in total. The van der Waals surface area contributed by atoms with Crippen molar-refractivity contribution >= 4 is 39.9 Å². The minimum absolute atomic E-state index is 0.222. The fourth-order valence-electron chi connectivity index (χ4n) is 2.58. The van der Waals surface area contributed by atoms with Crippen LogP contribution in [0.3, 0.4) is 0 Å².